The maximum Gasteiger partial charge on any atom is 0.109 e. The van der Waals surface area contributed by atoms with Gasteiger partial charge in [-0.3, -0.25) is 9.88 Å². The molecule has 4 aromatic rings. The number of hydrogen-bond donors (Lipinski definition) is 2. The predicted molar refractivity (Wildman–Crippen MR) is 169 cm³/mol. The lowest BCUT2D eigenvalue weighted by Gasteiger charge is -2.40. The number of halogens is 2. The minimum absolute atomic E-state index is 0.164. The summed E-state index contributed by atoms with van der Waals surface area (Å²) in [6.07, 6.45) is 9.12. The minimum atomic E-state index is -0.326. The lowest BCUT2D eigenvalue weighted by atomic mass is 9.92. The number of pyridine rings is 1. The van der Waals surface area contributed by atoms with Crippen molar-refractivity contribution < 1.29 is 0 Å². The van der Waals surface area contributed by atoms with Gasteiger partial charge in [0, 0.05) is 46.3 Å². The SMILES string of the molecule is CC(C)(C)N1CCC(n2cc([C@@H](Nc3cc(Cl)cc4c(NC5CCC5)c(C#N)cnc34)c3ccc(Cl)cc3)nn2)CC1. The van der Waals surface area contributed by atoms with Gasteiger partial charge in [-0.1, -0.05) is 40.5 Å². The molecule has 2 N–H and O–H groups in total. The Morgan fingerprint density at radius 1 is 1.02 bits per heavy atom. The first-order valence-electron chi connectivity index (χ1n) is 14.7. The molecule has 3 heterocycles. The molecule has 1 aliphatic carbocycles. The molecule has 0 spiro atoms. The molecular formula is C32H36Cl2N8. The summed E-state index contributed by atoms with van der Waals surface area (Å²) in [5, 5.41) is 28.4. The molecule has 2 aliphatic rings. The fourth-order valence-electron chi connectivity index (χ4n) is 5.92. The topological polar surface area (TPSA) is 94.7 Å². The van der Waals surface area contributed by atoms with Crippen LogP contribution in [0.1, 0.15) is 81.8 Å². The van der Waals surface area contributed by atoms with E-state index in [0.717, 1.165) is 72.3 Å². The van der Waals surface area contributed by atoms with Gasteiger partial charge in [-0.15, -0.1) is 5.10 Å². The summed E-state index contributed by atoms with van der Waals surface area (Å²) in [5.41, 5.74) is 4.74. The van der Waals surface area contributed by atoms with E-state index in [1.807, 2.05) is 41.1 Å². The molecule has 2 fully saturated rings. The van der Waals surface area contributed by atoms with E-state index in [9.17, 15) is 5.26 Å². The van der Waals surface area contributed by atoms with Crippen LogP contribution in [0.2, 0.25) is 10.0 Å². The van der Waals surface area contributed by atoms with Gasteiger partial charge in [0.2, 0.25) is 0 Å². The monoisotopic (exact) mass is 602 g/mol. The zero-order valence-corrected chi connectivity index (χ0v) is 25.8. The second-order valence-electron chi connectivity index (χ2n) is 12.4. The first-order valence-corrected chi connectivity index (χ1v) is 15.4. The van der Waals surface area contributed by atoms with Crippen LogP contribution in [0, 0.1) is 11.3 Å². The normalized spacial score (nSPS) is 17.5. The summed E-state index contributed by atoms with van der Waals surface area (Å²) in [6.45, 7) is 8.87. The van der Waals surface area contributed by atoms with Gasteiger partial charge in [0.25, 0.3) is 0 Å². The Balaban J connectivity index is 1.35. The van der Waals surface area contributed by atoms with Gasteiger partial charge >= 0.3 is 0 Å². The number of nitriles is 1. The number of hydrogen-bond acceptors (Lipinski definition) is 7. The van der Waals surface area contributed by atoms with Gasteiger partial charge in [-0.05, 0) is 82.7 Å². The first kappa shape index (κ1) is 28.7. The summed E-state index contributed by atoms with van der Waals surface area (Å²) in [5.74, 6) is 0. The van der Waals surface area contributed by atoms with Crippen LogP contribution < -0.4 is 10.6 Å². The van der Waals surface area contributed by atoms with Crippen molar-refractivity contribution in [3.8, 4) is 6.07 Å². The molecule has 218 valence electrons. The summed E-state index contributed by atoms with van der Waals surface area (Å²) >= 11 is 12.9. The van der Waals surface area contributed by atoms with Gasteiger partial charge in [0.15, 0.2) is 0 Å². The molecule has 1 saturated carbocycles. The number of benzene rings is 2. The number of nitrogens with one attached hydrogen (secondary N) is 2. The Morgan fingerprint density at radius 3 is 2.40 bits per heavy atom. The van der Waals surface area contributed by atoms with Crippen LogP contribution in [0.4, 0.5) is 11.4 Å². The zero-order chi connectivity index (χ0) is 29.4. The quantitative estimate of drug-likeness (QED) is 0.225. The van der Waals surface area contributed by atoms with Gasteiger partial charge in [0.05, 0.1) is 40.7 Å². The Bertz CT molecular complexity index is 1610. The van der Waals surface area contributed by atoms with Crippen molar-refractivity contribution in [2.24, 2.45) is 0 Å². The van der Waals surface area contributed by atoms with Gasteiger partial charge in [0.1, 0.15) is 11.8 Å². The third-order valence-corrected chi connectivity index (χ3v) is 9.09. The van der Waals surface area contributed by atoms with Crippen LogP contribution in [0.5, 0.6) is 0 Å². The van der Waals surface area contributed by atoms with E-state index in [2.05, 4.69) is 58.9 Å². The number of fused-ring (bicyclic) bond motifs is 1. The van der Waals surface area contributed by atoms with E-state index < -0.39 is 0 Å². The first-order chi connectivity index (χ1) is 20.2. The van der Waals surface area contributed by atoms with Crippen LogP contribution in [0.25, 0.3) is 10.9 Å². The molecule has 10 heteroatoms. The summed E-state index contributed by atoms with van der Waals surface area (Å²) in [7, 11) is 0. The van der Waals surface area contributed by atoms with Crippen molar-refractivity contribution >= 4 is 45.5 Å². The fraction of sp³-hybridized carbons (Fsp3) is 0.438. The highest BCUT2D eigenvalue weighted by Crippen LogP contribution is 2.38. The summed E-state index contributed by atoms with van der Waals surface area (Å²) < 4.78 is 2.02. The predicted octanol–water partition coefficient (Wildman–Crippen LogP) is 7.61. The second kappa shape index (κ2) is 11.7. The molecule has 8 nitrogen and oxygen atoms in total. The fourth-order valence-corrected chi connectivity index (χ4v) is 6.26. The molecule has 1 atom stereocenters. The van der Waals surface area contributed by atoms with Crippen molar-refractivity contribution in [2.45, 2.75) is 76.5 Å². The number of rotatable bonds is 7. The summed E-state index contributed by atoms with van der Waals surface area (Å²) in [4.78, 5) is 7.24. The largest absolute Gasteiger partial charge is 0.381 e. The van der Waals surface area contributed by atoms with Crippen molar-refractivity contribution in [3.63, 3.8) is 0 Å². The number of anilines is 2. The molecule has 2 aromatic heterocycles. The highest BCUT2D eigenvalue weighted by atomic mass is 35.5. The van der Waals surface area contributed by atoms with E-state index in [4.69, 9.17) is 28.2 Å². The lowest BCUT2D eigenvalue weighted by molar-refractivity contribution is 0.0866. The number of nitrogens with zero attached hydrogens (tertiary/aromatic N) is 6. The standard InChI is InChI=1S/C32H36Cl2N8/c1-32(2,3)41-13-11-25(12-14-41)42-19-28(39-40-42)30(20-7-9-22(33)10-8-20)38-27-16-23(34)15-26-29(37-24-5-4-6-24)21(17-35)18-36-31(26)27/h7-10,15-16,18-19,24-25,30,38H,4-6,11-14H2,1-3H3,(H,36,37)/t30-/m0/s1. The Labute approximate surface area is 257 Å². The van der Waals surface area contributed by atoms with Crippen LogP contribution in [-0.2, 0) is 0 Å². The van der Waals surface area contributed by atoms with E-state index in [-0.39, 0.29) is 11.6 Å². The minimum Gasteiger partial charge on any atom is -0.381 e. The average Bonchev–Trinajstić information content (AvgIpc) is 3.43. The van der Waals surface area contributed by atoms with Crippen molar-refractivity contribution in [1.29, 1.82) is 5.26 Å². The van der Waals surface area contributed by atoms with Crippen LogP contribution in [0.3, 0.4) is 0 Å². The van der Waals surface area contributed by atoms with E-state index in [1.54, 1.807) is 6.20 Å². The van der Waals surface area contributed by atoms with E-state index in [0.29, 0.717) is 27.7 Å². The molecule has 0 radical (unpaired) electrons. The molecule has 2 aromatic carbocycles. The Morgan fingerprint density at radius 2 is 1.76 bits per heavy atom. The van der Waals surface area contributed by atoms with Gasteiger partial charge < -0.3 is 10.6 Å². The van der Waals surface area contributed by atoms with Crippen LogP contribution in [0.15, 0.2) is 48.8 Å². The average molecular weight is 604 g/mol. The number of aromatic nitrogens is 4. The van der Waals surface area contributed by atoms with Crippen molar-refractivity contribution in [3.05, 3.63) is 75.7 Å². The third-order valence-electron chi connectivity index (χ3n) is 8.62. The molecule has 1 aliphatic heterocycles. The molecular weight excluding hydrogens is 567 g/mol. The molecule has 0 bridgehead atoms. The maximum absolute atomic E-state index is 9.84. The van der Waals surface area contributed by atoms with Crippen molar-refractivity contribution in [1.82, 2.24) is 24.9 Å². The highest BCUT2D eigenvalue weighted by Gasteiger charge is 2.29. The number of piperidine rings is 1. The molecule has 1 saturated heterocycles. The van der Waals surface area contributed by atoms with Gasteiger partial charge in [-0.25, -0.2) is 4.68 Å². The van der Waals surface area contributed by atoms with E-state index >= 15 is 0 Å². The van der Waals surface area contributed by atoms with Crippen molar-refractivity contribution in [2.75, 3.05) is 23.7 Å². The summed E-state index contributed by atoms with van der Waals surface area (Å²) in [6, 6.07) is 14.1. The van der Waals surface area contributed by atoms with Gasteiger partial charge in [-0.2, -0.15) is 5.26 Å². The molecule has 42 heavy (non-hydrogen) atoms. The van der Waals surface area contributed by atoms with Crippen LogP contribution >= 0.6 is 23.2 Å². The lowest BCUT2D eigenvalue weighted by Crippen LogP contribution is -2.46. The van der Waals surface area contributed by atoms with E-state index in [1.165, 1.54) is 6.42 Å². The highest BCUT2D eigenvalue weighted by molar-refractivity contribution is 6.32. The Kier molecular flexibility index (Phi) is 8.01. The van der Waals surface area contributed by atoms with Crippen LogP contribution in [-0.4, -0.2) is 49.5 Å². The zero-order valence-electron chi connectivity index (χ0n) is 24.2. The maximum atomic E-state index is 9.84. The second-order valence-corrected chi connectivity index (χ2v) is 13.3. The third kappa shape index (κ3) is 5.92. The smallest absolute Gasteiger partial charge is 0.109 e. The Hall–Kier alpha value is -3.38. The number of likely N-dealkylation sites (tertiary alicyclic amines) is 1. The molecule has 0 unspecified atom stereocenters. The molecule has 0 amide bonds. The molecule has 6 rings (SSSR count).